The number of hydrogen-bond donors (Lipinski definition) is 0. The molecule has 3 nitrogen and oxygen atoms in total. The molecule has 0 bridgehead atoms. The third kappa shape index (κ3) is 5.28. The molecule has 0 saturated heterocycles. The Hall–Kier alpha value is -1.72. The van der Waals surface area contributed by atoms with E-state index in [4.69, 9.17) is 0 Å². The summed E-state index contributed by atoms with van der Waals surface area (Å²) >= 11 is 4.55. The van der Waals surface area contributed by atoms with Crippen molar-refractivity contribution in [2.45, 2.75) is 25.6 Å². The largest absolute Gasteiger partial charge is 0.416 e. The van der Waals surface area contributed by atoms with E-state index in [1.165, 1.54) is 17.9 Å². The lowest BCUT2D eigenvalue weighted by molar-refractivity contribution is -0.137. The minimum Gasteiger partial charge on any atom is -0.346 e. The van der Waals surface area contributed by atoms with Crippen molar-refractivity contribution in [1.29, 1.82) is 0 Å². The molecule has 1 unspecified atom stereocenters. The van der Waals surface area contributed by atoms with E-state index in [1.807, 2.05) is 0 Å². The molecule has 0 fully saturated rings. The number of carbonyl (C=O) groups excluding carboxylic acids is 1. The molecular weight excluding hydrogens is 301 g/mol. The van der Waals surface area contributed by atoms with E-state index in [0.29, 0.717) is 18.5 Å². The summed E-state index contributed by atoms with van der Waals surface area (Å²) in [5.41, 5.74) is -0.330. The number of halogens is 3. The number of aliphatic imine (C=N–C) groups is 1. The van der Waals surface area contributed by atoms with Gasteiger partial charge < -0.3 is 4.90 Å². The zero-order valence-corrected chi connectivity index (χ0v) is 12.5. The molecule has 7 heteroatoms. The van der Waals surface area contributed by atoms with Gasteiger partial charge in [0.15, 0.2) is 0 Å². The number of amides is 1. The number of thiocarbonyl (C=S) groups is 1. The van der Waals surface area contributed by atoms with Crippen molar-refractivity contribution in [2.75, 3.05) is 13.6 Å². The summed E-state index contributed by atoms with van der Waals surface area (Å²) in [6.07, 6.45) is -4.03. The molecular formula is C14H15F3N2OS. The fourth-order valence-corrected chi connectivity index (χ4v) is 1.89. The maximum absolute atomic E-state index is 12.7. The van der Waals surface area contributed by atoms with Gasteiger partial charge in [-0.25, -0.2) is 4.99 Å². The first-order chi connectivity index (χ1) is 9.75. The number of alkyl halides is 3. The summed E-state index contributed by atoms with van der Waals surface area (Å²) < 4.78 is 38.2. The molecule has 0 saturated carbocycles. The van der Waals surface area contributed by atoms with Gasteiger partial charge in [-0.3, -0.25) is 4.79 Å². The second kappa shape index (κ2) is 7.33. The van der Waals surface area contributed by atoms with E-state index in [2.05, 4.69) is 22.4 Å². The number of hydrogen-bond acceptors (Lipinski definition) is 3. The van der Waals surface area contributed by atoms with Gasteiger partial charge >= 0.3 is 6.18 Å². The quantitative estimate of drug-likeness (QED) is 0.613. The molecule has 1 atom stereocenters. The highest BCUT2D eigenvalue weighted by Gasteiger charge is 2.31. The van der Waals surface area contributed by atoms with E-state index in [1.54, 1.807) is 13.1 Å². The zero-order valence-electron chi connectivity index (χ0n) is 11.6. The lowest BCUT2D eigenvalue weighted by Gasteiger charge is -2.18. The van der Waals surface area contributed by atoms with E-state index in [0.717, 1.165) is 12.1 Å². The molecule has 21 heavy (non-hydrogen) atoms. The molecule has 0 N–H and O–H groups in total. The van der Waals surface area contributed by atoms with Crippen molar-refractivity contribution in [3.05, 3.63) is 35.4 Å². The van der Waals surface area contributed by atoms with Crippen molar-refractivity contribution in [3.63, 3.8) is 0 Å². The molecule has 1 aromatic rings. The molecule has 0 aliphatic rings. The van der Waals surface area contributed by atoms with Gasteiger partial charge in [0.25, 0.3) is 0 Å². The third-order valence-corrected chi connectivity index (χ3v) is 3.19. The maximum Gasteiger partial charge on any atom is 0.416 e. The van der Waals surface area contributed by atoms with Crippen molar-refractivity contribution in [3.8, 4) is 0 Å². The average Bonchev–Trinajstić information content (AvgIpc) is 2.42. The Balaban J connectivity index is 2.96. The Morgan fingerprint density at radius 3 is 2.67 bits per heavy atom. The van der Waals surface area contributed by atoms with Gasteiger partial charge in [0.1, 0.15) is 0 Å². The van der Waals surface area contributed by atoms with E-state index in [-0.39, 0.29) is 5.91 Å². The summed E-state index contributed by atoms with van der Waals surface area (Å²) in [6, 6.07) is 4.40. The summed E-state index contributed by atoms with van der Waals surface area (Å²) in [6.45, 7) is 1.79. The third-order valence-electron chi connectivity index (χ3n) is 3.08. The minimum absolute atomic E-state index is 0.121. The van der Waals surface area contributed by atoms with Crippen LogP contribution < -0.4 is 0 Å². The Labute approximate surface area is 126 Å². The van der Waals surface area contributed by atoms with Gasteiger partial charge in [0, 0.05) is 20.5 Å². The van der Waals surface area contributed by atoms with Gasteiger partial charge in [0.05, 0.1) is 16.8 Å². The van der Waals surface area contributed by atoms with Crippen LogP contribution in [0.2, 0.25) is 0 Å². The van der Waals surface area contributed by atoms with Crippen molar-refractivity contribution >= 4 is 23.3 Å². The highest BCUT2D eigenvalue weighted by atomic mass is 32.1. The lowest BCUT2D eigenvalue weighted by Crippen LogP contribution is -2.25. The fourth-order valence-electron chi connectivity index (χ4n) is 1.77. The molecule has 0 aliphatic heterocycles. The van der Waals surface area contributed by atoms with Crippen molar-refractivity contribution < 1.29 is 18.0 Å². The maximum atomic E-state index is 12.7. The first-order valence-corrected chi connectivity index (χ1v) is 6.62. The van der Waals surface area contributed by atoms with Crippen LogP contribution in [0.15, 0.2) is 29.3 Å². The topological polar surface area (TPSA) is 32.7 Å². The normalized spacial score (nSPS) is 12.4. The minimum atomic E-state index is -4.40. The van der Waals surface area contributed by atoms with Crippen LogP contribution in [-0.2, 0) is 11.0 Å². The summed E-state index contributed by atoms with van der Waals surface area (Å²) in [7, 11) is 1.62. The summed E-state index contributed by atoms with van der Waals surface area (Å²) in [5.74, 6) is -0.121. The Kier molecular flexibility index (Phi) is 6.05. The molecule has 0 aromatic heterocycles. The Morgan fingerprint density at radius 2 is 2.14 bits per heavy atom. The standard InChI is InChI=1S/C14H15F3N2OS/c1-10(20)19(2)7-6-13(18-9-21)11-4-3-5-12(8-11)14(15,16)17/h3-5,8,13H,6-7H2,1-2H3. The number of rotatable bonds is 5. The van der Waals surface area contributed by atoms with Gasteiger partial charge in [-0.1, -0.05) is 12.1 Å². The molecule has 1 rings (SSSR count). The lowest BCUT2D eigenvalue weighted by atomic mass is 10.0. The number of benzene rings is 1. The number of carbonyl (C=O) groups is 1. The highest BCUT2D eigenvalue weighted by molar-refractivity contribution is 7.78. The number of nitrogens with zero attached hydrogens (tertiary/aromatic N) is 2. The fraction of sp³-hybridized carbons (Fsp3) is 0.429. The zero-order chi connectivity index (χ0) is 16.0. The average molecular weight is 316 g/mol. The Morgan fingerprint density at radius 1 is 1.48 bits per heavy atom. The van der Waals surface area contributed by atoms with E-state index in [9.17, 15) is 18.0 Å². The Bertz CT molecular complexity index is 553. The van der Waals surface area contributed by atoms with Crippen LogP contribution in [0.3, 0.4) is 0 Å². The second-order valence-electron chi connectivity index (χ2n) is 4.59. The van der Waals surface area contributed by atoms with E-state index >= 15 is 0 Å². The van der Waals surface area contributed by atoms with Crippen molar-refractivity contribution in [2.24, 2.45) is 4.99 Å². The second-order valence-corrected chi connectivity index (χ2v) is 4.77. The van der Waals surface area contributed by atoms with Crippen LogP contribution in [-0.4, -0.2) is 29.6 Å². The molecule has 0 aliphatic carbocycles. The smallest absolute Gasteiger partial charge is 0.346 e. The van der Waals surface area contributed by atoms with Gasteiger partial charge in [-0.05, 0) is 36.3 Å². The molecule has 0 spiro atoms. The van der Waals surface area contributed by atoms with Crippen LogP contribution in [0.5, 0.6) is 0 Å². The van der Waals surface area contributed by atoms with E-state index < -0.39 is 17.8 Å². The van der Waals surface area contributed by atoms with Crippen LogP contribution in [0.4, 0.5) is 13.2 Å². The van der Waals surface area contributed by atoms with Crippen LogP contribution in [0, 0.1) is 0 Å². The van der Waals surface area contributed by atoms with Gasteiger partial charge in [-0.2, -0.15) is 13.2 Å². The van der Waals surface area contributed by atoms with Crippen LogP contribution >= 0.6 is 12.2 Å². The van der Waals surface area contributed by atoms with Crippen LogP contribution in [0.25, 0.3) is 0 Å². The van der Waals surface area contributed by atoms with Crippen LogP contribution in [0.1, 0.15) is 30.5 Å². The predicted molar refractivity (Wildman–Crippen MR) is 77.1 cm³/mol. The van der Waals surface area contributed by atoms with Crippen molar-refractivity contribution in [1.82, 2.24) is 4.90 Å². The summed E-state index contributed by atoms with van der Waals surface area (Å²) in [4.78, 5) is 16.5. The summed E-state index contributed by atoms with van der Waals surface area (Å²) in [5, 5.41) is 2.20. The monoisotopic (exact) mass is 316 g/mol. The van der Waals surface area contributed by atoms with Gasteiger partial charge in [-0.15, -0.1) is 0 Å². The molecule has 114 valence electrons. The molecule has 0 heterocycles. The molecule has 1 amide bonds. The predicted octanol–water partition coefficient (Wildman–Crippen LogP) is 3.72. The SMILES string of the molecule is CC(=O)N(C)CCC(N=C=S)c1cccc(C(F)(F)F)c1. The first kappa shape index (κ1) is 17.3. The highest BCUT2D eigenvalue weighted by Crippen LogP contribution is 2.32. The number of isothiocyanates is 1. The first-order valence-electron chi connectivity index (χ1n) is 6.21. The van der Waals surface area contributed by atoms with Gasteiger partial charge in [0.2, 0.25) is 5.91 Å². The molecule has 1 aromatic carbocycles. The molecule has 0 radical (unpaired) electrons.